The molecular formula is C23H26N4O2S. The largest absolute Gasteiger partial charge is 0.349 e. The number of benzene rings is 2. The molecule has 1 heterocycles. The maximum absolute atomic E-state index is 12.4. The van der Waals surface area contributed by atoms with Gasteiger partial charge in [-0.2, -0.15) is 0 Å². The third-order valence-corrected chi connectivity index (χ3v) is 5.62. The number of carbonyl (C=O) groups is 2. The molecule has 0 atom stereocenters. The van der Waals surface area contributed by atoms with Crippen molar-refractivity contribution in [3.05, 3.63) is 71.5 Å². The molecule has 0 spiro atoms. The van der Waals surface area contributed by atoms with Gasteiger partial charge in [-0.05, 0) is 48.7 Å². The Hall–Kier alpha value is -3.06. The second-order valence-electron chi connectivity index (χ2n) is 7.37. The Labute approximate surface area is 181 Å². The van der Waals surface area contributed by atoms with Gasteiger partial charge >= 0.3 is 0 Å². The number of carbonyl (C=O) groups excluding carboxylic acids is 2. The molecule has 2 aromatic carbocycles. The van der Waals surface area contributed by atoms with Crippen LogP contribution < -0.4 is 5.32 Å². The van der Waals surface area contributed by atoms with Gasteiger partial charge < -0.3 is 10.2 Å². The van der Waals surface area contributed by atoms with E-state index in [1.54, 1.807) is 25.2 Å². The molecule has 0 aliphatic heterocycles. The van der Waals surface area contributed by atoms with E-state index in [4.69, 9.17) is 0 Å². The van der Waals surface area contributed by atoms with Gasteiger partial charge in [0.15, 0.2) is 5.16 Å². The van der Waals surface area contributed by atoms with Gasteiger partial charge in [-0.25, -0.2) is 4.98 Å². The Morgan fingerprint density at radius 2 is 1.83 bits per heavy atom. The Morgan fingerprint density at radius 1 is 1.10 bits per heavy atom. The average Bonchev–Trinajstić information content (AvgIpc) is 3.18. The van der Waals surface area contributed by atoms with Crippen LogP contribution in [0.25, 0.3) is 5.69 Å². The molecule has 0 unspecified atom stereocenters. The van der Waals surface area contributed by atoms with Crippen molar-refractivity contribution in [2.45, 2.75) is 25.4 Å². The highest BCUT2D eigenvalue weighted by Crippen LogP contribution is 2.24. The molecule has 0 bridgehead atoms. The van der Waals surface area contributed by atoms with Crippen LogP contribution in [-0.4, -0.2) is 46.1 Å². The van der Waals surface area contributed by atoms with Crippen molar-refractivity contribution < 1.29 is 9.59 Å². The van der Waals surface area contributed by atoms with Crippen molar-refractivity contribution >= 4 is 29.3 Å². The summed E-state index contributed by atoms with van der Waals surface area (Å²) in [5, 5.41) is 3.67. The molecule has 1 N–H and O–H groups in total. The fourth-order valence-corrected chi connectivity index (χ4v) is 3.69. The Balaban J connectivity index is 1.59. The lowest BCUT2D eigenvalue weighted by Gasteiger charge is -2.12. The quantitative estimate of drug-likeness (QED) is 0.587. The van der Waals surface area contributed by atoms with Crippen molar-refractivity contribution in [1.29, 1.82) is 0 Å². The molecule has 3 aromatic rings. The van der Waals surface area contributed by atoms with Crippen molar-refractivity contribution in [2.75, 3.05) is 25.2 Å². The zero-order chi connectivity index (χ0) is 21.7. The van der Waals surface area contributed by atoms with Crippen LogP contribution in [0.2, 0.25) is 0 Å². The lowest BCUT2D eigenvalue weighted by Crippen LogP contribution is -2.23. The number of nitrogens with zero attached hydrogens (tertiary/aromatic N) is 3. The number of amides is 2. The minimum atomic E-state index is -0.104. The van der Waals surface area contributed by atoms with Gasteiger partial charge in [0.2, 0.25) is 11.8 Å². The van der Waals surface area contributed by atoms with E-state index in [2.05, 4.69) is 42.3 Å². The van der Waals surface area contributed by atoms with Gasteiger partial charge in [0.1, 0.15) is 0 Å². The molecule has 0 radical (unpaired) electrons. The molecule has 2 amide bonds. The second-order valence-corrected chi connectivity index (χ2v) is 8.31. The molecule has 0 aliphatic carbocycles. The van der Waals surface area contributed by atoms with Gasteiger partial charge in [-0.1, -0.05) is 36.0 Å². The molecule has 1 aromatic heterocycles. The van der Waals surface area contributed by atoms with Gasteiger partial charge in [0.05, 0.1) is 17.9 Å². The fourth-order valence-electron chi connectivity index (χ4n) is 2.92. The average molecular weight is 423 g/mol. The smallest absolute Gasteiger partial charge is 0.234 e. The zero-order valence-electron chi connectivity index (χ0n) is 17.7. The number of aromatic nitrogens is 2. The molecule has 6 nitrogen and oxygen atoms in total. The number of likely N-dealkylation sites (N-methyl/N-ethyl adjacent to an activating group) is 1. The summed E-state index contributed by atoms with van der Waals surface area (Å²) in [4.78, 5) is 30.2. The van der Waals surface area contributed by atoms with E-state index in [9.17, 15) is 9.59 Å². The summed E-state index contributed by atoms with van der Waals surface area (Å²) in [5.41, 5.74) is 5.01. The first kappa shape index (κ1) is 21.6. The number of hydrogen-bond donors (Lipinski definition) is 1. The molecular weight excluding hydrogens is 396 g/mol. The molecule has 0 saturated heterocycles. The Bertz CT molecular complexity index is 1040. The Kier molecular flexibility index (Phi) is 6.95. The van der Waals surface area contributed by atoms with Gasteiger partial charge in [-0.3, -0.25) is 14.2 Å². The van der Waals surface area contributed by atoms with Gasteiger partial charge in [-0.15, -0.1) is 0 Å². The van der Waals surface area contributed by atoms with E-state index in [0.717, 1.165) is 22.0 Å². The molecule has 0 fully saturated rings. The van der Waals surface area contributed by atoms with E-state index in [1.165, 1.54) is 17.3 Å². The molecule has 3 rings (SSSR count). The summed E-state index contributed by atoms with van der Waals surface area (Å²) < 4.78 is 2.01. The summed E-state index contributed by atoms with van der Waals surface area (Å²) in [7, 11) is 3.47. The first-order valence-corrected chi connectivity index (χ1v) is 10.6. The highest BCUT2D eigenvalue weighted by molar-refractivity contribution is 7.99. The minimum Gasteiger partial charge on any atom is -0.349 e. The van der Waals surface area contributed by atoms with E-state index >= 15 is 0 Å². The number of thioether (sulfide) groups is 1. The van der Waals surface area contributed by atoms with Crippen LogP contribution in [0.4, 0.5) is 5.69 Å². The van der Waals surface area contributed by atoms with Crippen molar-refractivity contribution in [3.63, 3.8) is 0 Å². The van der Waals surface area contributed by atoms with Crippen LogP contribution in [0.1, 0.15) is 16.7 Å². The first-order valence-electron chi connectivity index (χ1n) is 9.66. The monoisotopic (exact) mass is 422 g/mol. The zero-order valence-corrected chi connectivity index (χ0v) is 18.5. The predicted molar refractivity (Wildman–Crippen MR) is 121 cm³/mol. The standard InChI is InChI=1S/C23H26N4O2S/c1-16-5-6-17(2)20(13-16)27-12-11-24-23(27)30-15-21(28)25-19-9-7-18(8-10-19)14-22(29)26(3)4/h5-13H,14-15H2,1-4H3,(H,25,28). The number of anilines is 1. The number of rotatable bonds is 7. The van der Waals surface area contributed by atoms with Crippen molar-refractivity contribution in [3.8, 4) is 5.69 Å². The third kappa shape index (κ3) is 5.51. The lowest BCUT2D eigenvalue weighted by atomic mass is 10.1. The van der Waals surface area contributed by atoms with Crippen LogP contribution in [-0.2, 0) is 16.0 Å². The predicted octanol–water partition coefficient (Wildman–Crippen LogP) is 3.85. The fraction of sp³-hybridized carbons (Fsp3) is 0.261. The van der Waals surface area contributed by atoms with Gasteiger partial charge in [0.25, 0.3) is 0 Å². The van der Waals surface area contributed by atoms with E-state index in [0.29, 0.717) is 12.1 Å². The number of imidazole rings is 1. The molecule has 0 saturated carbocycles. The highest BCUT2D eigenvalue weighted by atomic mass is 32.2. The third-order valence-electron chi connectivity index (χ3n) is 4.66. The van der Waals surface area contributed by atoms with E-state index < -0.39 is 0 Å². The van der Waals surface area contributed by atoms with Crippen LogP contribution in [0.5, 0.6) is 0 Å². The van der Waals surface area contributed by atoms with E-state index in [-0.39, 0.29) is 17.6 Å². The van der Waals surface area contributed by atoms with Crippen LogP contribution >= 0.6 is 11.8 Å². The number of aryl methyl sites for hydroxylation is 2. The minimum absolute atomic E-state index is 0.0440. The normalized spacial score (nSPS) is 10.7. The van der Waals surface area contributed by atoms with Crippen molar-refractivity contribution in [1.82, 2.24) is 14.5 Å². The van der Waals surface area contributed by atoms with Crippen LogP contribution in [0.3, 0.4) is 0 Å². The maximum Gasteiger partial charge on any atom is 0.234 e. The second kappa shape index (κ2) is 9.63. The summed E-state index contributed by atoms with van der Waals surface area (Å²) in [5.74, 6) is 0.193. The topological polar surface area (TPSA) is 67.2 Å². The van der Waals surface area contributed by atoms with Crippen molar-refractivity contribution in [2.24, 2.45) is 0 Å². The van der Waals surface area contributed by atoms with Crippen LogP contribution in [0.15, 0.2) is 60.0 Å². The molecule has 156 valence electrons. The Morgan fingerprint density at radius 3 is 2.53 bits per heavy atom. The molecule has 7 heteroatoms. The summed E-state index contributed by atoms with van der Waals surface area (Å²) >= 11 is 1.39. The SMILES string of the molecule is Cc1ccc(C)c(-n2ccnc2SCC(=O)Nc2ccc(CC(=O)N(C)C)cc2)c1. The summed E-state index contributed by atoms with van der Waals surface area (Å²) in [6.07, 6.45) is 4.00. The first-order chi connectivity index (χ1) is 14.3. The lowest BCUT2D eigenvalue weighted by molar-refractivity contribution is -0.128. The molecule has 0 aliphatic rings. The highest BCUT2D eigenvalue weighted by Gasteiger charge is 2.11. The van der Waals surface area contributed by atoms with E-state index in [1.807, 2.05) is 35.0 Å². The summed E-state index contributed by atoms with van der Waals surface area (Å²) in [6, 6.07) is 13.6. The molecule has 30 heavy (non-hydrogen) atoms. The maximum atomic E-state index is 12.4. The summed E-state index contributed by atoms with van der Waals surface area (Å²) in [6.45, 7) is 4.12. The van der Waals surface area contributed by atoms with Gasteiger partial charge in [0, 0.05) is 32.2 Å². The number of hydrogen-bond acceptors (Lipinski definition) is 4. The number of nitrogens with one attached hydrogen (secondary N) is 1. The van der Waals surface area contributed by atoms with Crippen LogP contribution in [0, 0.1) is 13.8 Å².